The molecule has 2 rings (SSSR count). The van der Waals surface area contributed by atoms with E-state index >= 15 is 0 Å². The third kappa shape index (κ3) is 4.43. The number of aryl methyl sites for hydroxylation is 2. The van der Waals surface area contributed by atoms with Crippen molar-refractivity contribution in [2.75, 3.05) is 6.54 Å². The number of aromatic nitrogens is 2. The van der Waals surface area contributed by atoms with E-state index in [1.165, 1.54) is 16.8 Å². The van der Waals surface area contributed by atoms with E-state index < -0.39 is 0 Å². The zero-order valence-electron chi connectivity index (χ0n) is 13.7. The van der Waals surface area contributed by atoms with Crippen LogP contribution < -0.4 is 5.32 Å². The van der Waals surface area contributed by atoms with E-state index in [0.717, 1.165) is 31.9 Å². The molecule has 0 aliphatic carbocycles. The molecule has 1 heterocycles. The molecule has 1 aromatic heterocycles. The molecular formula is C18H27N3. The van der Waals surface area contributed by atoms with Crippen molar-refractivity contribution in [3.63, 3.8) is 0 Å². The molecule has 0 saturated heterocycles. The first-order chi connectivity index (χ1) is 10.1. The lowest BCUT2D eigenvalue weighted by molar-refractivity contribution is 0.537. The number of hydrogen-bond acceptors (Lipinski definition) is 2. The van der Waals surface area contributed by atoms with Crippen LogP contribution in [0.25, 0.3) is 0 Å². The van der Waals surface area contributed by atoms with Crippen molar-refractivity contribution in [2.45, 2.75) is 47.2 Å². The molecular weight excluding hydrogens is 258 g/mol. The van der Waals surface area contributed by atoms with Gasteiger partial charge in [0.25, 0.3) is 0 Å². The summed E-state index contributed by atoms with van der Waals surface area (Å²) < 4.78 is 2.30. The van der Waals surface area contributed by atoms with Crippen LogP contribution in [0, 0.1) is 12.8 Å². The Kier molecular flexibility index (Phi) is 5.57. The van der Waals surface area contributed by atoms with Gasteiger partial charge in [-0.15, -0.1) is 0 Å². The Labute approximate surface area is 128 Å². The lowest BCUT2D eigenvalue weighted by atomic mass is 10.1. The van der Waals surface area contributed by atoms with Crippen LogP contribution in [0.4, 0.5) is 0 Å². The minimum Gasteiger partial charge on any atom is -0.327 e. The molecule has 0 amide bonds. The molecule has 3 nitrogen and oxygen atoms in total. The molecule has 0 bridgehead atoms. The lowest BCUT2D eigenvalue weighted by Crippen LogP contribution is -2.21. The largest absolute Gasteiger partial charge is 0.327 e. The van der Waals surface area contributed by atoms with Gasteiger partial charge in [-0.1, -0.05) is 45.0 Å². The highest BCUT2D eigenvalue weighted by Gasteiger charge is 2.07. The van der Waals surface area contributed by atoms with E-state index in [1.54, 1.807) is 0 Å². The Hall–Kier alpha value is -1.61. The van der Waals surface area contributed by atoms with Gasteiger partial charge in [0.05, 0.1) is 5.69 Å². The third-order valence-electron chi connectivity index (χ3n) is 3.77. The predicted octanol–water partition coefficient (Wildman–Crippen LogP) is 3.55. The van der Waals surface area contributed by atoms with Gasteiger partial charge in [0, 0.05) is 19.3 Å². The van der Waals surface area contributed by atoms with E-state index in [-0.39, 0.29) is 0 Å². The molecule has 0 unspecified atom stereocenters. The molecule has 2 aromatic rings. The maximum Gasteiger partial charge on any atom is 0.106 e. The summed E-state index contributed by atoms with van der Waals surface area (Å²) in [6, 6.07) is 8.89. The van der Waals surface area contributed by atoms with Crippen LogP contribution in [-0.2, 0) is 19.5 Å². The van der Waals surface area contributed by atoms with Gasteiger partial charge in [-0.2, -0.15) is 0 Å². The summed E-state index contributed by atoms with van der Waals surface area (Å²) >= 11 is 0. The molecule has 0 saturated carbocycles. The maximum atomic E-state index is 4.47. The molecule has 21 heavy (non-hydrogen) atoms. The number of nitrogens with zero attached hydrogens (tertiary/aromatic N) is 2. The van der Waals surface area contributed by atoms with Crippen LogP contribution in [0.1, 0.15) is 43.4 Å². The van der Waals surface area contributed by atoms with Gasteiger partial charge in [0.2, 0.25) is 0 Å². The van der Waals surface area contributed by atoms with Gasteiger partial charge in [0.15, 0.2) is 0 Å². The van der Waals surface area contributed by atoms with Gasteiger partial charge in [-0.25, -0.2) is 4.98 Å². The summed E-state index contributed by atoms with van der Waals surface area (Å²) in [4.78, 5) is 4.47. The Morgan fingerprint density at radius 3 is 2.43 bits per heavy atom. The minimum absolute atomic E-state index is 0.670. The van der Waals surface area contributed by atoms with Crippen molar-refractivity contribution in [1.82, 2.24) is 14.9 Å². The SMILES string of the molecule is CCc1ccc(Cn2c(CNCC(C)C)cnc2C)cc1. The van der Waals surface area contributed by atoms with Crippen molar-refractivity contribution >= 4 is 0 Å². The maximum absolute atomic E-state index is 4.47. The molecule has 0 aliphatic rings. The standard InChI is InChI=1S/C18H27N3/c1-5-16-6-8-17(9-7-16)13-21-15(4)20-12-18(21)11-19-10-14(2)3/h6-9,12,14,19H,5,10-11,13H2,1-4H3. The van der Waals surface area contributed by atoms with Crippen LogP contribution >= 0.6 is 0 Å². The fourth-order valence-electron chi connectivity index (χ4n) is 2.42. The van der Waals surface area contributed by atoms with Gasteiger partial charge in [-0.3, -0.25) is 0 Å². The molecule has 1 aromatic carbocycles. The van der Waals surface area contributed by atoms with Crippen LogP contribution in [0.15, 0.2) is 30.5 Å². The fourth-order valence-corrected chi connectivity index (χ4v) is 2.42. The Balaban J connectivity index is 2.06. The van der Waals surface area contributed by atoms with Crippen molar-refractivity contribution < 1.29 is 0 Å². The van der Waals surface area contributed by atoms with Crippen LogP contribution in [-0.4, -0.2) is 16.1 Å². The molecule has 114 valence electrons. The van der Waals surface area contributed by atoms with Crippen LogP contribution in [0.5, 0.6) is 0 Å². The average Bonchev–Trinajstić information content (AvgIpc) is 2.81. The summed E-state index contributed by atoms with van der Waals surface area (Å²) in [5.41, 5.74) is 3.98. The minimum atomic E-state index is 0.670. The van der Waals surface area contributed by atoms with Crippen molar-refractivity contribution in [3.8, 4) is 0 Å². The summed E-state index contributed by atoms with van der Waals surface area (Å²) in [5.74, 6) is 1.75. The first-order valence-electron chi connectivity index (χ1n) is 7.89. The molecule has 0 atom stereocenters. The monoisotopic (exact) mass is 285 g/mol. The molecule has 0 radical (unpaired) electrons. The average molecular weight is 285 g/mol. The van der Waals surface area contributed by atoms with E-state index in [9.17, 15) is 0 Å². The van der Waals surface area contributed by atoms with Crippen LogP contribution in [0.2, 0.25) is 0 Å². The molecule has 0 fully saturated rings. The summed E-state index contributed by atoms with van der Waals surface area (Å²) in [7, 11) is 0. The number of rotatable bonds is 7. The topological polar surface area (TPSA) is 29.9 Å². The van der Waals surface area contributed by atoms with Gasteiger partial charge < -0.3 is 9.88 Å². The molecule has 3 heteroatoms. The van der Waals surface area contributed by atoms with Crippen molar-refractivity contribution in [3.05, 3.63) is 53.1 Å². The van der Waals surface area contributed by atoms with E-state index in [0.29, 0.717) is 5.92 Å². The highest BCUT2D eigenvalue weighted by Crippen LogP contribution is 2.11. The molecule has 0 spiro atoms. The van der Waals surface area contributed by atoms with Crippen LogP contribution in [0.3, 0.4) is 0 Å². The smallest absolute Gasteiger partial charge is 0.106 e. The van der Waals surface area contributed by atoms with E-state index in [4.69, 9.17) is 0 Å². The lowest BCUT2D eigenvalue weighted by Gasteiger charge is -2.12. The molecule has 1 N–H and O–H groups in total. The zero-order valence-corrected chi connectivity index (χ0v) is 13.7. The van der Waals surface area contributed by atoms with Gasteiger partial charge in [0.1, 0.15) is 5.82 Å². The summed E-state index contributed by atoms with van der Waals surface area (Å²) in [6.07, 6.45) is 3.08. The number of benzene rings is 1. The number of imidazole rings is 1. The normalized spacial score (nSPS) is 11.3. The zero-order chi connectivity index (χ0) is 15.2. The Morgan fingerprint density at radius 2 is 1.81 bits per heavy atom. The van der Waals surface area contributed by atoms with E-state index in [2.05, 4.69) is 66.8 Å². The highest BCUT2D eigenvalue weighted by atomic mass is 15.1. The number of hydrogen-bond donors (Lipinski definition) is 1. The first-order valence-corrected chi connectivity index (χ1v) is 7.89. The van der Waals surface area contributed by atoms with Crippen molar-refractivity contribution in [1.29, 1.82) is 0 Å². The van der Waals surface area contributed by atoms with Crippen molar-refractivity contribution in [2.24, 2.45) is 5.92 Å². The predicted molar refractivity (Wildman–Crippen MR) is 88.4 cm³/mol. The second kappa shape index (κ2) is 7.41. The fraction of sp³-hybridized carbons (Fsp3) is 0.500. The second-order valence-corrected chi connectivity index (χ2v) is 6.08. The number of nitrogens with one attached hydrogen (secondary N) is 1. The third-order valence-corrected chi connectivity index (χ3v) is 3.77. The Bertz CT molecular complexity index is 552. The van der Waals surface area contributed by atoms with Gasteiger partial charge >= 0.3 is 0 Å². The Morgan fingerprint density at radius 1 is 1.14 bits per heavy atom. The first kappa shape index (κ1) is 15.8. The quantitative estimate of drug-likeness (QED) is 0.843. The van der Waals surface area contributed by atoms with E-state index in [1.807, 2.05) is 6.20 Å². The van der Waals surface area contributed by atoms with Gasteiger partial charge in [-0.05, 0) is 36.9 Å². The summed E-state index contributed by atoms with van der Waals surface area (Å²) in [5, 5.41) is 3.50. The summed E-state index contributed by atoms with van der Waals surface area (Å²) in [6.45, 7) is 11.5. The second-order valence-electron chi connectivity index (χ2n) is 6.08. The highest BCUT2D eigenvalue weighted by molar-refractivity contribution is 5.23. The molecule has 0 aliphatic heterocycles.